The second-order valence-electron chi connectivity index (χ2n) is 13.3. The maximum Gasteiger partial charge on any atom is 0.0549 e. The third-order valence-electron chi connectivity index (χ3n) is 10.5. The molecule has 0 aliphatic heterocycles. The predicted octanol–water partition coefficient (Wildman–Crippen LogP) is 13.6. The van der Waals surface area contributed by atoms with Crippen LogP contribution in [0, 0.1) is 0 Å². The van der Waals surface area contributed by atoms with Crippen molar-refractivity contribution in [1.29, 1.82) is 0 Å². The number of thiophene rings is 1. The Kier molecular flexibility index (Phi) is 6.16. The lowest BCUT2D eigenvalue weighted by atomic mass is 10.0. The zero-order chi connectivity index (χ0) is 33.5. The van der Waals surface area contributed by atoms with Crippen molar-refractivity contribution in [2.75, 3.05) is 0 Å². The first-order valence-electron chi connectivity index (χ1n) is 17.4. The third-order valence-corrected chi connectivity index (χ3v) is 11.7. The highest BCUT2D eigenvalue weighted by molar-refractivity contribution is 7.25. The predicted molar refractivity (Wildman–Crippen MR) is 219 cm³/mol. The largest absolute Gasteiger partial charge is 0.309 e. The number of hydrogen-bond acceptors (Lipinski definition) is 1. The Morgan fingerprint density at radius 1 is 0.333 bits per heavy atom. The highest BCUT2D eigenvalue weighted by atomic mass is 32.1. The molecule has 0 spiro atoms. The molecular weight excluding hydrogens is 637 g/mol. The summed E-state index contributed by atoms with van der Waals surface area (Å²) >= 11 is 1.87. The van der Waals surface area contributed by atoms with Crippen molar-refractivity contribution in [1.82, 2.24) is 9.13 Å². The molecule has 0 aliphatic carbocycles. The molecule has 238 valence electrons. The molecule has 0 fully saturated rings. The van der Waals surface area contributed by atoms with Gasteiger partial charge in [0.1, 0.15) is 0 Å². The summed E-state index contributed by atoms with van der Waals surface area (Å²) in [4.78, 5) is 0. The molecule has 3 heterocycles. The van der Waals surface area contributed by atoms with Gasteiger partial charge >= 0.3 is 0 Å². The lowest BCUT2D eigenvalue weighted by Crippen LogP contribution is -1.97. The zero-order valence-electron chi connectivity index (χ0n) is 27.6. The van der Waals surface area contributed by atoms with E-state index in [0.29, 0.717) is 0 Å². The second-order valence-corrected chi connectivity index (χ2v) is 14.4. The van der Waals surface area contributed by atoms with Gasteiger partial charge in [-0.2, -0.15) is 0 Å². The minimum Gasteiger partial charge on any atom is -0.309 e. The van der Waals surface area contributed by atoms with Crippen LogP contribution in [0.2, 0.25) is 0 Å². The molecule has 0 saturated carbocycles. The minimum atomic E-state index is 1.16. The molecule has 51 heavy (non-hydrogen) atoms. The zero-order valence-corrected chi connectivity index (χ0v) is 28.4. The summed E-state index contributed by atoms with van der Waals surface area (Å²) in [6.45, 7) is 0. The van der Waals surface area contributed by atoms with Crippen molar-refractivity contribution in [3.63, 3.8) is 0 Å². The molecule has 2 nitrogen and oxygen atoms in total. The molecule has 11 aromatic rings. The van der Waals surface area contributed by atoms with E-state index >= 15 is 0 Å². The van der Waals surface area contributed by atoms with Gasteiger partial charge in [-0.05, 0) is 71.3 Å². The lowest BCUT2D eigenvalue weighted by Gasteiger charge is -2.14. The normalized spacial score (nSPS) is 11.9. The number of fused-ring (bicyclic) bond motifs is 10. The van der Waals surface area contributed by atoms with E-state index in [0.717, 1.165) is 5.69 Å². The van der Waals surface area contributed by atoms with Crippen LogP contribution >= 0.6 is 11.3 Å². The average molecular weight is 667 g/mol. The molecule has 0 atom stereocenters. The van der Waals surface area contributed by atoms with Crippen molar-refractivity contribution in [3.8, 4) is 33.6 Å². The van der Waals surface area contributed by atoms with Crippen LogP contribution in [-0.4, -0.2) is 9.13 Å². The Labute approximate surface area is 298 Å². The van der Waals surface area contributed by atoms with E-state index in [2.05, 4.69) is 191 Å². The molecule has 0 unspecified atom stereocenters. The highest BCUT2D eigenvalue weighted by Gasteiger charge is 2.21. The van der Waals surface area contributed by atoms with Gasteiger partial charge in [0.05, 0.1) is 27.8 Å². The number of nitrogens with zero attached hydrogens (tertiary/aromatic N) is 2. The van der Waals surface area contributed by atoms with Gasteiger partial charge in [0, 0.05) is 53.0 Å². The number of rotatable bonds is 4. The number of hydrogen-bond donors (Lipinski definition) is 0. The molecule has 0 saturated heterocycles. The van der Waals surface area contributed by atoms with Crippen molar-refractivity contribution in [3.05, 3.63) is 182 Å². The van der Waals surface area contributed by atoms with Gasteiger partial charge in [-0.3, -0.25) is 0 Å². The summed E-state index contributed by atoms with van der Waals surface area (Å²) < 4.78 is 7.56. The fourth-order valence-electron chi connectivity index (χ4n) is 8.29. The van der Waals surface area contributed by atoms with Gasteiger partial charge in [-0.15, -0.1) is 11.3 Å². The van der Waals surface area contributed by atoms with E-state index in [4.69, 9.17) is 0 Å². The minimum absolute atomic E-state index is 1.16. The number of aromatic nitrogens is 2. The van der Waals surface area contributed by atoms with Crippen LogP contribution < -0.4 is 0 Å². The fourth-order valence-corrected chi connectivity index (χ4v) is 9.44. The summed E-state index contributed by atoms with van der Waals surface area (Å²) in [7, 11) is 0. The molecule has 0 aliphatic rings. The summed E-state index contributed by atoms with van der Waals surface area (Å²) in [5.74, 6) is 0. The summed E-state index contributed by atoms with van der Waals surface area (Å²) in [5, 5.41) is 7.76. The number of benzene rings is 8. The monoisotopic (exact) mass is 666 g/mol. The Balaban J connectivity index is 1.12. The Bertz CT molecular complexity index is 3120. The lowest BCUT2D eigenvalue weighted by molar-refractivity contribution is 1.17. The molecule has 0 amide bonds. The van der Waals surface area contributed by atoms with Gasteiger partial charge in [0.25, 0.3) is 0 Å². The maximum absolute atomic E-state index is 2.46. The summed E-state index contributed by atoms with van der Waals surface area (Å²) in [6.07, 6.45) is 0. The first-order chi connectivity index (χ1) is 25.3. The Hall–Kier alpha value is -6.42. The molecule has 0 bridgehead atoms. The van der Waals surface area contributed by atoms with E-state index in [-0.39, 0.29) is 0 Å². The molecule has 11 rings (SSSR count). The highest BCUT2D eigenvalue weighted by Crippen LogP contribution is 2.44. The summed E-state index contributed by atoms with van der Waals surface area (Å²) in [6, 6.07) is 66.6. The van der Waals surface area contributed by atoms with Crippen LogP contribution in [0.5, 0.6) is 0 Å². The van der Waals surface area contributed by atoms with Gasteiger partial charge < -0.3 is 9.13 Å². The topological polar surface area (TPSA) is 9.86 Å². The Morgan fingerprint density at radius 3 is 1.67 bits per heavy atom. The molecule has 8 aromatic carbocycles. The van der Waals surface area contributed by atoms with E-state index in [1.807, 2.05) is 11.3 Å². The first-order valence-corrected chi connectivity index (χ1v) is 18.3. The molecule has 3 heteroatoms. The molecular formula is C48H30N2S. The van der Waals surface area contributed by atoms with Crippen LogP contribution in [-0.2, 0) is 0 Å². The third kappa shape index (κ3) is 4.22. The van der Waals surface area contributed by atoms with Crippen molar-refractivity contribution in [2.24, 2.45) is 0 Å². The summed E-state index contributed by atoms with van der Waals surface area (Å²) in [5.41, 5.74) is 12.1. The number of para-hydroxylation sites is 3. The Morgan fingerprint density at radius 2 is 0.902 bits per heavy atom. The van der Waals surface area contributed by atoms with Gasteiger partial charge in [-0.1, -0.05) is 127 Å². The van der Waals surface area contributed by atoms with Crippen LogP contribution in [0.3, 0.4) is 0 Å². The van der Waals surface area contributed by atoms with E-state index in [9.17, 15) is 0 Å². The SMILES string of the molecule is c1ccc(-c2ccccc2-n2c3ccccc3c3c4c5ccccc5n(-c5ccc(-c6ccc7c(c6)sc6ccccc67)cc5)c4ccc32)cc1. The van der Waals surface area contributed by atoms with Crippen molar-refractivity contribution in [2.45, 2.75) is 0 Å². The van der Waals surface area contributed by atoms with Gasteiger partial charge in [-0.25, -0.2) is 0 Å². The molecule has 0 radical (unpaired) electrons. The quantitative estimate of drug-likeness (QED) is 0.177. The standard InChI is InChI=1S/C48H30N2S/c1-2-12-32(13-3-1)35-14-4-8-18-40(35)50-42-20-10-6-17-39(42)48-44(50)29-28-43-47(48)38-16-5-9-19-41(38)49(43)34-25-22-31(23-26-34)33-24-27-37-36-15-7-11-21-45(36)51-46(37)30-33/h1-30H. The van der Waals surface area contributed by atoms with Crippen LogP contribution in [0.15, 0.2) is 182 Å². The molecule has 3 aromatic heterocycles. The van der Waals surface area contributed by atoms with Crippen LogP contribution in [0.4, 0.5) is 0 Å². The van der Waals surface area contributed by atoms with Crippen molar-refractivity contribution >= 4 is 75.1 Å². The first kappa shape index (κ1) is 28.4. The smallest absolute Gasteiger partial charge is 0.0549 e. The van der Waals surface area contributed by atoms with E-state index in [1.165, 1.54) is 91.7 Å². The van der Waals surface area contributed by atoms with Crippen LogP contribution in [0.1, 0.15) is 0 Å². The van der Waals surface area contributed by atoms with E-state index < -0.39 is 0 Å². The van der Waals surface area contributed by atoms with E-state index in [1.54, 1.807) is 0 Å². The van der Waals surface area contributed by atoms with Gasteiger partial charge in [0.2, 0.25) is 0 Å². The maximum atomic E-state index is 2.46. The van der Waals surface area contributed by atoms with Crippen LogP contribution in [0.25, 0.3) is 97.4 Å². The van der Waals surface area contributed by atoms with Crippen molar-refractivity contribution < 1.29 is 0 Å². The second kappa shape index (κ2) is 11.0. The molecule has 0 N–H and O–H groups in total. The average Bonchev–Trinajstić information content (AvgIpc) is 3.85. The fraction of sp³-hybridized carbons (Fsp3) is 0. The van der Waals surface area contributed by atoms with Gasteiger partial charge in [0.15, 0.2) is 0 Å².